The molecule has 0 atom stereocenters. The first-order valence-electron chi connectivity index (χ1n) is 7.91. The number of imidazole rings is 1. The summed E-state index contributed by atoms with van der Waals surface area (Å²) in [7, 11) is 0. The first-order valence-corrected chi connectivity index (χ1v) is 8.29. The van der Waals surface area contributed by atoms with Crippen LogP contribution in [0.2, 0.25) is 5.02 Å². The number of ether oxygens (including phenoxy) is 1. The fraction of sp³-hybridized carbons (Fsp3) is 0.0500. The number of hydrogen-bond acceptors (Lipinski definition) is 2. The molecular weight excluding hydrogens is 358 g/mol. The summed E-state index contributed by atoms with van der Waals surface area (Å²) in [6.45, 7) is -0.113. The smallest absolute Gasteiger partial charge is 0.142 e. The van der Waals surface area contributed by atoms with Crippen molar-refractivity contribution < 1.29 is 13.5 Å². The Morgan fingerprint density at radius 1 is 1.00 bits per heavy atom. The van der Waals surface area contributed by atoms with Gasteiger partial charge in [0.2, 0.25) is 0 Å². The van der Waals surface area contributed by atoms with Gasteiger partial charge in [-0.05, 0) is 48.5 Å². The molecule has 0 aliphatic carbocycles. The molecule has 1 heterocycles. The quantitative estimate of drug-likeness (QED) is 0.497. The number of hydrogen-bond donors (Lipinski definition) is 1. The number of nitrogens with zero attached hydrogens (tertiary/aromatic N) is 1. The maximum Gasteiger partial charge on any atom is 0.142 e. The van der Waals surface area contributed by atoms with Crippen molar-refractivity contribution in [2.45, 2.75) is 6.61 Å². The second-order valence-electron chi connectivity index (χ2n) is 5.77. The van der Waals surface area contributed by atoms with Crippen molar-refractivity contribution in [1.29, 1.82) is 0 Å². The van der Waals surface area contributed by atoms with Gasteiger partial charge in [-0.3, -0.25) is 0 Å². The molecule has 0 saturated carbocycles. The molecule has 0 unspecified atom stereocenters. The van der Waals surface area contributed by atoms with E-state index in [0.717, 1.165) is 29.2 Å². The highest BCUT2D eigenvalue weighted by Gasteiger charge is 2.13. The average molecular weight is 371 g/mol. The Morgan fingerprint density at radius 2 is 1.85 bits per heavy atom. The van der Waals surface area contributed by atoms with Crippen LogP contribution in [0.3, 0.4) is 0 Å². The summed E-state index contributed by atoms with van der Waals surface area (Å²) in [4.78, 5) is 7.76. The Bertz CT molecular complexity index is 1060. The van der Waals surface area contributed by atoms with Crippen LogP contribution in [0, 0.1) is 11.6 Å². The number of aromatic nitrogens is 2. The SMILES string of the molecule is Fc1ccc(F)c(COc2ccc(Cl)cc2-c2nc3ccccc3[nH]2)c1. The van der Waals surface area contributed by atoms with Gasteiger partial charge in [-0.15, -0.1) is 0 Å². The highest BCUT2D eigenvalue weighted by molar-refractivity contribution is 6.30. The molecule has 0 saturated heterocycles. The van der Waals surface area contributed by atoms with Crippen molar-refractivity contribution in [3.63, 3.8) is 0 Å². The van der Waals surface area contributed by atoms with Gasteiger partial charge in [-0.25, -0.2) is 13.8 Å². The topological polar surface area (TPSA) is 37.9 Å². The summed E-state index contributed by atoms with van der Waals surface area (Å²) in [6, 6.07) is 16.0. The average Bonchev–Trinajstić information content (AvgIpc) is 3.07. The number of benzene rings is 3. The lowest BCUT2D eigenvalue weighted by Gasteiger charge is -2.11. The van der Waals surface area contributed by atoms with Crippen LogP contribution in [0.25, 0.3) is 22.4 Å². The van der Waals surface area contributed by atoms with Crippen LogP contribution in [-0.2, 0) is 6.61 Å². The van der Waals surface area contributed by atoms with Crippen LogP contribution >= 0.6 is 11.6 Å². The standard InChI is InChI=1S/C20H13ClF2N2O/c21-13-5-8-19(26-11-12-9-14(22)6-7-16(12)23)15(10-13)20-24-17-3-1-2-4-18(17)25-20/h1-10H,11H2,(H,24,25). The van der Waals surface area contributed by atoms with Crippen molar-refractivity contribution in [2.24, 2.45) is 0 Å². The highest BCUT2D eigenvalue weighted by Crippen LogP contribution is 2.32. The van der Waals surface area contributed by atoms with Crippen LogP contribution in [-0.4, -0.2) is 9.97 Å². The van der Waals surface area contributed by atoms with Gasteiger partial charge in [0.15, 0.2) is 0 Å². The van der Waals surface area contributed by atoms with E-state index in [-0.39, 0.29) is 12.2 Å². The molecule has 3 aromatic carbocycles. The van der Waals surface area contributed by atoms with Gasteiger partial charge in [0, 0.05) is 10.6 Å². The minimum Gasteiger partial charge on any atom is -0.488 e. The van der Waals surface area contributed by atoms with E-state index < -0.39 is 11.6 Å². The molecule has 1 aromatic heterocycles. The Morgan fingerprint density at radius 3 is 2.69 bits per heavy atom. The van der Waals surface area contributed by atoms with Crippen LogP contribution in [0.15, 0.2) is 60.7 Å². The van der Waals surface area contributed by atoms with E-state index in [4.69, 9.17) is 16.3 Å². The minimum atomic E-state index is -0.523. The molecule has 4 rings (SSSR count). The molecule has 130 valence electrons. The highest BCUT2D eigenvalue weighted by atomic mass is 35.5. The van der Waals surface area contributed by atoms with E-state index in [1.165, 1.54) is 0 Å². The first-order chi connectivity index (χ1) is 12.6. The summed E-state index contributed by atoms with van der Waals surface area (Å²) >= 11 is 6.12. The molecule has 3 nitrogen and oxygen atoms in total. The van der Waals surface area contributed by atoms with Gasteiger partial charge in [-0.2, -0.15) is 0 Å². The third-order valence-electron chi connectivity index (χ3n) is 3.98. The number of fused-ring (bicyclic) bond motifs is 1. The zero-order chi connectivity index (χ0) is 18.1. The van der Waals surface area contributed by atoms with Crippen molar-refractivity contribution in [2.75, 3.05) is 0 Å². The van der Waals surface area contributed by atoms with Crippen molar-refractivity contribution in [3.05, 3.63) is 82.9 Å². The van der Waals surface area contributed by atoms with E-state index >= 15 is 0 Å². The molecule has 0 radical (unpaired) electrons. The van der Waals surface area contributed by atoms with Crippen molar-refractivity contribution >= 4 is 22.6 Å². The predicted octanol–water partition coefficient (Wildman–Crippen LogP) is 5.74. The van der Waals surface area contributed by atoms with Gasteiger partial charge < -0.3 is 9.72 Å². The van der Waals surface area contributed by atoms with Gasteiger partial charge in [0.05, 0.1) is 16.6 Å². The monoisotopic (exact) mass is 370 g/mol. The van der Waals surface area contributed by atoms with Crippen LogP contribution in [0.1, 0.15) is 5.56 Å². The van der Waals surface area contributed by atoms with Gasteiger partial charge in [0.1, 0.15) is 29.8 Å². The summed E-state index contributed by atoms with van der Waals surface area (Å²) in [5.41, 5.74) is 2.47. The maximum atomic E-state index is 13.8. The minimum absolute atomic E-state index is 0.113. The zero-order valence-corrected chi connectivity index (χ0v) is 14.2. The lowest BCUT2D eigenvalue weighted by atomic mass is 10.2. The Kier molecular flexibility index (Phi) is 4.31. The molecule has 0 aliphatic rings. The van der Waals surface area contributed by atoms with E-state index in [1.807, 2.05) is 24.3 Å². The first kappa shape index (κ1) is 16.5. The summed E-state index contributed by atoms with van der Waals surface area (Å²) < 4.78 is 32.9. The molecule has 0 spiro atoms. The second kappa shape index (κ2) is 6.77. The molecule has 4 aromatic rings. The summed E-state index contributed by atoms with van der Waals surface area (Å²) in [5.74, 6) is 0.0183. The van der Waals surface area contributed by atoms with E-state index in [1.54, 1.807) is 18.2 Å². The number of aromatic amines is 1. The number of H-pyrrole nitrogens is 1. The molecule has 1 N–H and O–H groups in total. The summed E-state index contributed by atoms with van der Waals surface area (Å²) in [6.07, 6.45) is 0. The summed E-state index contributed by atoms with van der Waals surface area (Å²) in [5, 5.41) is 0.518. The molecule has 0 aliphatic heterocycles. The number of halogens is 3. The molecule has 0 amide bonds. The zero-order valence-electron chi connectivity index (χ0n) is 13.5. The van der Waals surface area contributed by atoms with Crippen LogP contribution in [0.5, 0.6) is 5.75 Å². The van der Waals surface area contributed by atoms with Crippen molar-refractivity contribution in [3.8, 4) is 17.1 Å². The van der Waals surface area contributed by atoms with E-state index in [0.29, 0.717) is 22.2 Å². The third kappa shape index (κ3) is 3.26. The maximum absolute atomic E-state index is 13.8. The lowest BCUT2D eigenvalue weighted by molar-refractivity contribution is 0.300. The van der Waals surface area contributed by atoms with E-state index in [9.17, 15) is 8.78 Å². The number of rotatable bonds is 4. The fourth-order valence-electron chi connectivity index (χ4n) is 2.70. The van der Waals surface area contributed by atoms with Crippen LogP contribution < -0.4 is 4.74 Å². The Labute approximate surface area is 153 Å². The predicted molar refractivity (Wildman–Crippen MR) is 97.2 cm³/mol. The number of para-hydroxylation sites is 2. The van der Waals surface area contributed by atoms with Crippen molar-refractivity contribution in [1.82, 2.24) is 9.97 Å². The largest absolute Gasteiger partial charge is 0.488 e. The molecular formula is C20H13ClF2N2O. The molecule has 0 fully saturated rings. The molecule has 6 heteroatoms. The lowest BCUT2D eigenvalue weighted by Crippen LogP contribution is -2.01. The molecule has 26 heavy (non-hydrogen) atoms. The normalized spacial score (nSPS) is 11.0. The molecule has 0 bridgehead atoms. The Balaban J connectivity index is 1.69. The van der Waals surface area contributed by atoms with Crippen LogP contribution in [0.4, 0.5) is 8.78 Å². The number of nitrogens with one attached hydrogen (secondary N) is 1. The Hall–Kier alpha value is -2.92. The van der Waals surface area contributed by atoms with E-state index in [2.05, 4.69) is 9.97 Å². The van der Waals surface area contributed by atoms with Gasteiger partial charge >= 0.3 is 0 Å². The second-order valence-corrected chi connectivity index (χ2v) is 6.20. The fourth-order valence-corrected chi connectivity index (χ4v) is 2.88. The van der Waals surface area contributed by atoms with Gasteiger partial charge in [0.25, 0.3) is 0 Å². The van der Waals surface area contributed by atoms with Gasteiger partial charge in [-0.1, -0.05) is 23.7 Å². The third-order valence-corrected chi connectivity index (χ3v) is 4.21.